The Labute approximate surface area is 80.4 Å². The molecule has 0 spiro atoms. The van der Waals surface area contributed by atoms with Crippen molar-refractivity contribution in [3.05, 3.63) is 12.3 Å². The van der Waals surface area contributed by atoms with Crippen LogP contribution in [0.5, 0.6) is 0 Å². The molecule has 12 heavy (non-hydrogen) atoms. The van der Waals surface area contributed by atoms with Crippen molar-refractivity contribution in [2.75, 3.05) is 6.54 Å². The van der Waals surface area contributed by atoms with E-state index >= 15 is 0 Å². The van der Waals surface area contributed by atoms with Crippen molar-refractivity contribution in [1.29, 1.82) is 0 Å². The Morgan fingerprint density at radius 2 is 2.42 bits per heavy atom. The molecule has 0 atom stereocenters. The molecule has 0 aromatic heterocycles. The van der Waals surface area contributed by atoms with Gasteiger partial charge in [-0.3, -0.25) is 0 Å². The molecule has 1 aliphatic heterocycles. The molecule has 1 rings (SSSR count). The first-order valence-corrected chi connectivity index (χ1v) is 5.21. The van der Waals surface area contributed by atoms with Gasteiger partial charge in [0.2, 0.25) is 0 Å². The van der Waals surface area contributed by atoms with Crippen LogP contribution < -0.4 is 0 Å². The summed E-state index contributed by atoms with van der Waals surface area (Å²) in [6.07, 6.45) is 10.5. The zero-order chi connectivity index (χ0) is 8.81. The second-order valence-electron chi connectivity index (χ2n) is 3.22. The molecule has 0 N–H and O–H groups in total. The minimum atomic E-state index is 1.10. The van der Waals surface area contributed by atoms with Crippen LogP contribution in [0, 0.1) is 0 Å². The summed E-state index contributed by atoms with van der Waals surface area (Å²) in [5.41, 5.74) is 0. The molecule has 0 amide bonds. The van der Waals surface area contributed by atoms with Crippen molar-refractivity contribution < 1.29 is 0 Å². The standard InChI is InChI=1S/C10H17NS/c1-2-3-4-5-8-11-9-6-7-10(11)12/h5,8H,2-4,6-7,9H2,1H3/b8-5-. The maximum absolute atomic E-state index is 5.19. The van der Waals surface area contributed by atoms with Crippen LogP contribution in [0.4, 0.5) is 0 Å². The van der Waals surface area contributed by atoms with Crippen molar-refractivity contribution in [3.8, 4) is 0 Å². The predicted molar refractivity (Wildman–Crippen MR) is 57.2 cm³/mol. The second-order valence-corrected chi connectivity index (χ2v) is 3.69. The average Bonchev–Trinajstić information content (AvgIpc) is 2.46. The van der Waals surface area contributed by atoms with Crippen LogP contribution in [0.1, 0.15) is 39.0 Å². The summed E-state index contributed by atoms with van der Waals surface area (Å²) < 4.78 is 0. The minimum Gasteiger partial charge on any atom is -0.343 e. The quantitative estimate of drug-likeness (QED) is 0.486. The molecule has 68 valence electrons. The molecule has 0 unspecified atom stereocenters. The lowest BCUT2D eigenvalue weighted by Crippen LogP contribution is -2.15. The van der Waals surface area contributed by atoms with E-state index in [4.69, 9.17) is 12.2 Å². The van der Waals surface area contributed by atoms with Crippen LogP contribution in [-0.4, -0.2) is 16.4 Å². The molecule has 2 heteroatoms. The number of unbranched alkanes of at least 4 members (excludes halogenated alkanes) is 2. The number of likely N-dealkylation sites (tertiary alicyclic amines) is 1. The fourth-order valence-electron chi connectivity index (χ4n) is 1.35. The summed E-state index contributed by atoms with van der Waals surface area (Å²) in [5, 5.41) is 0. The molecular formula is C10H17NS. The Kier molecular flexibility index (Phi) is 4.30. The van der Waals surface area contributed by atoms with E-state index in [9.17, 15) is 0 Å². The van der Waals surface area contributed by atoms with E-state index in [1.165, 1.54) is 25.7 Å². The van der Waals surface area contributed by atoms with Gasteiger partial charge in [-0.2, -0.15) is 0 Å². The molecule has 0 aromatic carbocycles. The highest BCUT2D eigenvalue weighted by Gasteiger charge is 2.12. The smallest absolute Gasteiger partial charge is 0.0819 e. The summed E-state index contributed by atoms with van der Waals surface area (Å²) >= 11 is 5.19. The van der Waals surface area contributed by atoms with Crippen molar-refractivity contribution in [3.63, 3.8) is 0 Å². The Bertz CT molecular complexity index is 175. The van der Waals surface area contributed by atoms with Crippen LogP contribution in [0.3, 0.4) is 0 Å². The van der Waals surface area contributed by atoms with Gasteiger partial charge < -0.3 is 4.90 Å². The summed E-state index contributed by atoms with van der Waals surface area (Å²) in [4.78, 5) is 3.31. The summed E-state index contributed by atoms with van der Waals surface area (Å²) in [7, 11) is 0. The Morgan fingerprint density at radius 1 is 1.58 bits per heavy atom. The van der Waals surface area contributed by atoms with Gasteiger partial charge in [-0.05, 0) is 19.3 Å². The minimum absolute atomic E-state index is 1.10. The van der Waals surface area contributed by atoms with Gasteiger partial charge >= 0.3 is 0 Å². The molecule has 0 radical (unpaired) electrons. The highest BCUT2D eigenvalue weighted by atomic mass is 32.1. The molecule has 1 heterocycles. The highest BCUT2D eigenvalue weighted by molar-refractivity contribution is 7.80. The van der Waals surface area contributed by atoms with Gasteiger partial charge in [0.25, 0.3) is 0 Å². The molecule has 1 nitrogen and oxygen atoms in total. The SMILES string of the molecule is CCCC/C=C\N1CCCC1=S. The molecule has 1 fully saturated rings. The van der Waals surface area contributed by atoms with Crippen LogP contribution in [-0.2, 0) is 0 Å². The number of nitrogens with zero attached hydrogens (tertiary/aromatic N) is 1. The van der Waals surface area contributed by atoms with Gasteiger partial charge in [0, 0.05) is 12.7 Å². The monoisotopic (exact) mass is 183 g/mol. The van der Waals surface area contributed by atoms with Gasteiger partial charge in [0.15, 0.2) is 0 Å². The van der Waals surface area contributed by atoms with E-state index in [1.54, 1.807) is 0 Å². The number of hydrogen-bond donors (Lipinski definition) is 0. The van der Waals surface area contributed by atoms with Crippen LogP contribution in [0.2, 0.25) is 0 Å². The van der Waals surface area contributed by atoms with Crippen molar-refractivity contribution in [1.82, 2.24) is 4.90 Å². The van der Waals surface area contributed by atoms with E-state index < -0.39 is 0 Å². The zero-order valence-corrected chi connectivity index (χ0v) is 8.57. The first kappa shape index (κ1) is 9.72. The van der Waals surface area contributed by atoms with E-state index in [0.717, 1.165) is 18.0 Å². The van der Waals surface area contributed by atoms with E-state index in [0.29, 0.717) is 0 Å². The average molecular weight is 183 g/mol. The van der Waals surface area contributed by atoms with E-state index in [1.807, 2.05) is 0 Å². The van der Waals surface area contributed by atoms with Crippen molar-refractivity contribution in [2.24, 2.45) is 0 Å². The van der Waals surface area contributed by atoms with Crippen LogP contribution in [0.15, 0.2) is 12.3 Å². The fraction of sp³-hybridized carbons (Fsp3) is 0.700. The summed E-state index contributed by atoms with van der Waals surface area (Å²) in [5.74, 6) is 0. The number of rotatable bonds is 4. The lowest BCUT2D eigenvalue weighted by Gasteiger charge is -2.10. The third-order valence-electron chi connectivity index (χ3n) is 2.12. The first-order chi connectivity index (χ1) is 5.84. The Morgan fingerprint density at radius 3 is 3.00 bits per heavy atom. The lowest BCUT2D eigenvalue weighted by molar-refractivity contribution is 0.606. The topological polar surface area (TPSA) is 3.24 Å². The third kappa shape index (κ3) is 2.94. The molecular weight excluding hydrogens is 166 g/mol. The van der Waals surface area contributed by atoms with Crippen molar-refractivity contribution in [2.45, 2.75) is 39.0 Å². The Balaban J connectivity index is 2.20. The molecule has 0 bridgehead atoms. The fourth-order valence-corrected chi connectivity index (χ4v) is 1.65. The first-order valence-electron chi connectivity index (χ1n) is 4.80. The van der Waals surface area contributed by atoms with Crippen molar-refractivity contribution >= 4 is 17.2 Å². The van der Waals surface area contributed by atoms with Crippen LogP contribution in [0.25, 0.3) is 0 Å². The maximum atomic E-state index is 5.19. The molecule has 1 aliphatic rings. The van der Waals surface area contributed by atoms with E-state index in [2.05, 4.69) is 24.1 Å². The number of allylic oxidation sites excluding steroid dienone is 1. The normalized spacial score (nSPS) is 18.1. The predicted octanol–water partition coefficient (Wildman–Crippen LogP) is 3.11. The van der Waals surface area contributed by atoms with Gasteiger partial charge in [-0.15, -0.1) is 0 Å². The largest absolute Gasteiger partial charge is 0.343 e. The Hall–Kier alpha value is -0.370. The van der Waals surface area contributed by atoms with Gasteiger partial charge in [-0.25, -0.2) is 0 Å². The number of hydrogen-bond acceptors (Lipinski definition) is 1. The van der Waals surface area contributed by atoms with Gasteiger partial charge in [-0.1, -0.05) is 38.1 Å². The number of thiocarbonyl (C=S) groups is 1. The highest BCUT2D eigenvalue weighted by Crippen LogP contribution is 2.12. The summed E-state index contributed by atoms with van der Waals surface area (Å²) in [6.45, 7) is 3.34. The third-order valence-corrected chi connectivity index (χ3v) is 2.56. The summed E-state index contributed by atoms with van der Waals surface area (Å²) in [6, 6.07) is 0. The van der Waals surface area contributed by atoms with Gasteiger partial charge in [0.1, 0.15) is 0 Å². The second kappa shape index (κ2) is 5.31. The molecule has 0 aliphatic carbocycles. The maximum Gasteiger partial charge on any atom is 0.0819 e. The zero-order valence-electron chi connectivity index (χ0n) is 7.75. The van der Waals surface area contributed by atoms with Crippen LogP contribution >= 0.6 is 12.2 Å². The molecule has 0 saturated carbocycles. The van der Waals surface area contributed by atoms with Gasteiger partial charge in [0.05, 0.1) is 4.99 Å². The molecule has 1 saturated heterocycles. The molecule has 0 aromatic rings. The lowest BCUT2D eigenvalue weighted by atomic mass is 10.2. The van der Waals surface area contributed by atoms with E-state index in [-0.39, 0.29) is 0 Å².